The van der Waals surface area contributed by atoms with Gasteiger partial charge in [0.2, 0.25) is 5.91 Å². The van der Waals surface area contributed by atoms with Gasteiger partial charge in [0.15, 0.2) is 6.29 Å². The van der Waals surface area contributed by atoms with Gasteiger partial charge in [-0.25, -0.2) is 0 Å². The number of ketones is 1. The molecule has 1 fully saturated rings. The number of hydrogen-bond donors (Lipinski definition) is 4. The summed E-state index contributed by atoms with van der Waals surface area (Å²) in [5, 5.41) is 31.1. The van der Waals surface area contributed by atoms with E-state index in [4.69, 9.17) is 14.6 Å². The topological polar surface area (TPSA) is 125 Å². The lowest BCUT2D eigenvalue weighted by atomic mass is 9.99. The van der Waals surface area contributed by atoms with Crippen molar-refractivity contribution in [2.24, 2.45) is 5.92 Å². The van der Waals surface area contributed by atoms with Crippen molar-refractivity contribution in [2.75, 3.05) is 13.2 Å². The van der Waals surface area contributed by atoms with Crippen molar-refractivity contribution < 1.29 is 34.4 Å². The van der Waals surface area contributed by atoms with Crippen LogP contribution < -0.4 is 5.32 Å². The van der Waals surface area contributed by atoms with E-state index in [1.807, 2.05) is 13.8 Å². The maximum absolute atomic E-state index is 12.1. The van der Waals surface area contributed by atoms with Gasteiger partial charge < -0.3 is 30.1 Å². The third-order valence-corrected chi connectivity index (χ3v) is 8.63. The van der Waals surface area contributed by atoms with Gasteiger partial charge in [0.05, 0.1) is 30.8 Å². The standard InChI is InChI=1S/C34H65NO7/c1-27(41-34-32(39)26-31(38)29(3)42-34)22-20-18-16-14-12-10-8-6-4-5-7-9-11-13-15-17-19-21-23-30(37)28(2)33(40)35-24-25-36/h27-29,31-32,34,36,38-39H,4-26H2,1-3H3,(H,35,40)/t27-,28?,29+,31-,32-,34-/m1/s1. The van der Waals surface area contributed by atoms with Crippen LogP contribution in [0.4, 0.5) is 0 Å². The molecule has 1 rings (SSSR count). The fraction of sp³-hybridized carbons (Fsp3) is 0.941. The minimum absolute atomic E-state index is 0.000386. The number of aliphatic hydroxyl groups excluding tert-OH is 3. The van der Waals surface area contributed by atoms with E-state index in [1.165, 1.54) is 96.3 Å². The van der Waals surface area contributed by atoms with E-state index in [2.05, 4.69) is 5.32 Å². The molecule has 4 N–H and O–H groups in total. The molecule has 0 aromatic heterocycles. The van der Waals surface area contributed by atoms with E-state index < -0.39 is 24.4 Å². The number of carbonyl (C=O) groups excluding carboxylic acids is 2. The highest BCUT2D eigenvalue weighted by atomic mass is 16.7. The Hall–Kier alpha value is -1.06. The third-order valence-electron chi connectivity index (χ3n) is 8.63. The number of nitrogens with one attached hydrogen (secondary N) is 1. The first-order valence-electron chi connectivity index (χ1n) is 17.3. The Morgan fingerprint density at radius 2 is 1.21 bits per heavy atom. The summed E-state index contributed by atoms with van der Waals surface area (Å²) >= 11 is 0. The highest BCUT2D eigenvalue weighted by Crippen LogP contribution is 2.23. The van der Waals surface area contributed by atoms with Crippen LogP contribution in [0.5, 0.6) is 0 Å². The van der Waals surface area contributed by atoms with Crippen LogP contribution in [0.2, 0.25) is 0 Å². The molecule has 0 radical (unpaired) electrons. The molecule has 6 atom stereocenters. The Morgan fingerprint density at radius 3 is 1.69 bits per heavy atom. The van der Waals surface area contributed by atoms with Gasteiger partial charge in [-0.15, -0.1) is 0 Å². The Bertz CT molecular complexity index is 676. The Labute approximate surface area is 256 Å². The lowest BCUT2D eigenvalue weighted by Crippen LogP contribution is -2.48. The zero-order chi connectivity index (χ0) is 31.0. The summed E-state index contributed by atoms with van der Waals surface area (Å²) in [5.74, 6) is -0.895. The molecular weight excluding hydrogens is 534 g/mol. The van der Waals surface area contributed by atoms with Crippen molar-refractivity contribution in [1.82, 2.24) is 5.32 Å². The number of carbonyl (C=O) groups is 2. The van der Waals surface area contributed by atoms with E-state index >= 15 is 0 Å². The highest BCUT2D eigenvalue weighted by molar-refractivity contribution is 6.00. The molecule has 0 saturated carbocycles. The molecule has 1 heterocycles. The predicted molar refractivity (Wildman–Crippen MR) is 168 cm³/mol. The second-order valence-electron chi connectivity index (χ2n) is 12.6. The number of ether oxygens (including phenoxy) is 2. The SMILES string of the molecule is CC(C(=O)CCCCCCCCCCCCCCCCCCCC[C@@H](C)O[C@@H]1O[C@@H](C)[C@H](O)C[C@H]1O)C(=O)NCCO. The van der Waals surface area contributed by atoms with Gasteiger partial charge in [0.1, 0.15) is 11.9 Å². The lowest BCUT2D eigenvalue weighted by molar-refractivity contribution is -0.273. The first kappa shape index (κ1) is 39.0. The van der Waals surface area contributed by atoms with Crippen molar-refractivity contribution in [1.29, 1.82) is 0 Å². The third kappa shape index (κ3) is 19.3. The van der Waals surface area contributed by atoms with E-state index in [0.717, 1.165) is 25.7 Å². The van der Waals surface area contributed by atoms with Crippen molar-refractivity contribution in [3.63, 3.8) is 0 Å². The predicted octanol–water partition coefficient (Wildman–Crippen LogP) is 6.36. The van der Waals surface area contributed by atoms with E-state index in [1.54, 1.807) is 6.92 Å². The summed E-state index contributed by atoms with van der Waals surface area (Å²) in [6, 6.07) is 0. The number of aliphatic hydroxyl groups is 3. The van der Waals surface area contributed by atoms with Crippen LogP contribution in [-0.4, -0.2) is 70.9 Å². The monoisotopic (exact) mass is 599 g/mol. The van der Waals surface area contributed by atoms with Gasteiger partial charge in [0.25, 0.3) is 0 Å². The summed E-state index contributed by atoms with van der Waals surface area (Å²) in [6.45, 7) is 5.60. The van der Waals surface area contributed by atoms with Crippen LogP contribution in [-0.2, 0) is 19.1 Å². The zero-order valence-corrected chi connectivity index (χ0v) is 27.2. The van der Waals surface area contributed by atoms with Crippen molar-refractivity contribution in [2.45, 2.75) is 186 Å². The largest absolute Gasteiger partial charge is 0.395 e. The summed E-state index contributed by atoms with van der Waals surface area (Å²) < 4.78 is 11.5. The fourth-order valence-corrected chi connectivity index (χ4v) is 5.62. The second kappa shape index (κ2) is 25.3. The molecule has 1 aliphatic heterocycles. The molecule has 248 valence electrons. The number of hydrogen-bond acceptors (Lipinski definition) is 7. The molecule has 42 heavy (non-hydrogen) atoms. The van der Waals surface area contributed by atoms with Gasteiger partial charge >= 0.3 is 0 Å². The molecule has 0 bridgehead atoms. The van der Waals surface area contributed by atoms with Crippen molar-refractivity contribution in [3.8, 4) is 0 Å². The average Bonchev–Trinajstić information content (AvgIpc) is 2.97. The van der Waals surface area contributed by atoms with Crippen LogP contribution in [0.3, 0.4) is 0 Å². The summed E-state index contributed by atoms with van der Waals surface area (Å²) in [4.78, 5) is 23.8. The van der Waals surface area contributed by atoms with Crippen LogP contribution in [0.25, 0.3) is 0 Å². The Balaban J connectivity index is 1.79. The summed E-state index contributed by atoms with van der Waals surface area (Å²) in [5.41, 5.74) is 0. The molecule has 0 spiro atoms. The highest BCUT2D eigenvalue weighted by Gasteiger charge is 2.35. The van der Waals surface area contributed by atoms with Crippen molar-refractivity contribution >= 4 is 11.7 Å². The first-order chi connectivity index (χ1) is 20.3. The molecule has 0 aromatic carbocycles. The molecule has 8 heteroatoms. The van der Waals surface area contributed by atoms with Gasteiger partial charge in [-0.2, -0.15) is 0 Å². The average molecular weight is 600 g/mol. The van der Waals surface area contributed by atoms with Crippen LogP contribution in [0, 0.1) is 5.92 Å². The van der Waals surface area contributed by atoms with Crippen LogP contribution in [0.15, 0.2) is 0 Å². The van der Waals surface area contributed by atoms with Crippen LogP contribution in [0.1, 0.15) is 156 Å². The smallest absolute Gasteiger partial charge is 0.230 e. The molecule has 8 nitrogen and oxygen atoms in total. The minimum Gasteiger partial charge on any atom is -0.395 e. The van der Waals surface area contributed by atoms with Crippen molar-refractivity contribution in [3.05, 3.63) is 0 Å². The maximum Gasteiger partial charge on any atom is 0.230 e. The minimum atomic E-state index is -0.756. The van der Waals surface area contributed by atoms with E-state index in [0.29, 0.717) is 12.8 Å². The molecule has 1 unspecified atom stereocenters. The molecule has 0 aromatic rings. The maximum atomic E-state index is 12.1. The number of rotatable bonds is 27. The summed E-state index contributed by atoms with van der Waals surface area (Å²) in [7, 11) is 0. The number of Topliss-reactive ketones (excluding diaryl/α,β-unsaturated/α-hetero) is 1. The van der Waals surface area contributed by atoms with Gasteiger partial charge in [0, 0.05) is 19.4 Å². The molecule has 1 amide bonds. The van der Waals surface area contributed by atoms with Gasteiger partial charge in [-0.05, 0) is 33.6 Å². The molecule has 0 aliphatic carbocycles. The van der Waals surface area contributed by atoms with Gasteiger partial charge in [-0.1, -0.05) is 109 Å². The quantitative estimate of drug-likeness (QED) is 0.0639. The zero-order valence-electron chi connectivity index (χ0n) is 27.2. The fourth-order valence-electron chi connectivity index (χ4n) is 5.62. The Kier molecular flexibility index (Phi) is 23.5. The molecular formula is C34H65NO7. The van der Waals surface area contributed by atoms with E-state index in [9.17, 15) is 19.8 Å². The van der Waals surface area contributed by atoms with Crippen LogP contribution >= 0.6 is 0 Å². The lowest BCUT2D eigenvalue weighted by Gasteiger charge is -2.36. The first-order valence-corrected chi connectivity index (χ1v) is 17.3. The van der Waals surface area contributed by atoms with E-state index in [-0.39, 0.29) is 37.0 Å². The number of unbranched alkanes of at least 4 members (excludes halogenated alkanes) is 17. The normalized spacial score (nSPS) is 22.1. The van der Waals surface area contributed by atoms with Gasteiger partial charge in [-0.3, -0.25) is 9.59 Å². The summed E-state index contributed by atoms with van der Waals surface area (Å²) in [6.07, 6.45) is 22.2. The second-order valence-corrected chi connectivity index (χ2v) is 12.6. The molecule has 1 saturated heterocycles. The molecule has 1 aliphatic rings. The number of amides is 1. The Morgan fingerprint density at radius 1 is 0.762 bits per heavy atom.